The van der Waals surface area contributed by atoms with Crippen molar-refractivity contribution in [3.63, 3.8) is 0 Å². The topological polar surface area (TPSA) is 100 Å². The van der Waals surface area contributed by atoms with Crippen molar-refractivity contribution in [2.24, 2.45) is 5.92 Å². The summed E-state index contributed by atoms with van der Waals surface area (Å²) in [5.74, 6) is 1.17. The third kappa shape index (κ3) is 7.47. The fourth-order valence-corrected chi connectivity index (χ4v) is 2.71. The number of hydrogen-bond acceptors (Lipinski definition) is 5. The minimum Gasteiger partial charge on any atom is -0.493 e. The number of methoxy groups -OCH3 is 1. The second-order valence-corrected chi connectivity index (χ2v) is 7.20. The zero-order valence-corrected chi connectivity index (χ0v) is 17.5. The molecule has 0 unspecified atom stereocenters. The number of anilines is 2. The zero-order valence-electron chi connectivity index (χ0n) is 17.5. The molecule has 2 amide bonds. The average molecular weight is 409 g/mol. The van der Waals surface area contributed by atoms with Gasteiger partial charge in [-0.3, -0.25) is 9.59 Å². The molecule has 7 nitrogen and oxygen atoms in total. The summed E-state index contributed by atoms with van der Waals surface area (Å²) in [5, 5.41) is 14.6. The summed E-state index contributed by atoms with van der Waals surface area (Å²) in [6.07, 6.45) is 1.29. The molecule has 0 aliphatic carbocycles. The highest BCUT2D eigenvalue weighted by Crippen LogP contribution is 2.28. The van der Waals surface area contributed by atoms with Crippen LogP contribution in [-0.4, -0.2) is 25.5 Å². The summed E-state index contributed by atoms with van der Waals surface area (Å²) in [4.78, 5) is 23.9. The Morgan fingerprint density at radius 1 is 1.00 bits per heavy atom. The molecular formula is C23H27N3O4. The molecule has 7 heteroatoms. The fourth-order valence-electron chi connectivity index (χ4n) is 2.71. The van der Waals surface area contributed by atoms with Crippen LogP contribution >= 0.6 is 0 Å². The van der Waals surface area contributed by atoms with E-state index in [0.29, 0.717) is 60.2 Å². The van der Waals surface area contributed by atoms with Crippen molar-refractivity contribution in [2.45, 2.75) is 33.1 Å². The summed E-state index contributed by atoms with van der Waals surface area (Å²) in [7, 11) is 1.51. The van der Waals surface area contributed by atoms with E-state index >= 15 is 0 Å². The van der Waals surface area contributed by atoms with Crippen LogP contribution in [0.3, 0.4) is 0 Å². The van der Waals surface area contributed by atoms with Crippen LogP contribution in [0.1, 0.15) is 38.7 Å². The number of hydrogen-bond donors (Lipinski definition) is 2. The molecular weight excluding hydrogens is 382 g/mol. The first-order valence-corrected chi connectivity index (χ1v) is 9.82. The zero-order chi connectivity index (χ0) is 21.9. The largest absolute Gasteiger partial charge is 0.493 e. The lowest BCUT2D eigenvalue weighted by Gasteiger charge is -2.11. The number of nitrogens with one attached hydrogen (secondary N) is 2. The third-order valence-corrected chi connectivity index (χ3v) is 4.14. The lowest BCUT2D eigenvalue weighted by atomic mass is 10.1. The molecule has 30 heavy (non-hydrogen) atoms. The van der Waals surface area contributed by atoms with Gasteiger partial charge in [-0.1, -0.05) is 13.8 Å². The molecule has 0 heterocycles. The van der Waals surface area contributed by atoms with Crippen molar-refractivity contribution in [1.82, 2.24) is 0 Å². The fraction of sp³-hybridized carbons (Fsp3) is 0.348. The molecule has 0 saturated heterocycles. The highest BCUT2D eigenvalue weighted by atomic mass is 16.5. The van der Waals surface area contributed by atoms with Gasteiger partial charge in [0.2, 0.25) is 11.8 Å². The Labute approximate surface area is 177 Å². The Hall–Kier alpha value is -3.53. The van der Waals surface area contributed by atoms with Crippen LogP contribution in [0, 0.1) is 17.2 Å². The molecule has 2 N–H and O–H groups in total. The molecule has 0 bridgehead atoms. The molecule has 0 radical (unpaired) electrons. The maximum Gasteiger partial charge on any atom is 0.224 e. The van der Waals surface area contributed by atoms with Gasteiger partial charge in [0.1, 0.15) is 0 Å². The van der Waals surface area contributed by atoms with E-state index in [-0.39, 0.29) is 11.8 Å². The van der Waals surface area contributed by atoms with Gasteiger partial charge in [0.05, 0.1) is 25.3 Å². The number of rotatable bonds is 10. The normalized spacial score (nSPS) is 10.2. The molecule has 0 aromatic heterocycles. The molecule has 2 aromatic rings. The van der Waals surface area contributed by atoms with E-state index in [2.05, 4.69) is 10.6 Å². The quantitative estimate of drug-likeness (QED) is 0.568. The number of benzene rings is 2. The van der Waals surface area contributed by atoms with Crippen LogP contribution < -0.4 is 20.1 Å². The Morgan fingerprint density at radius 3 is 2.20 bits per heavy atom. The summed E-state index contributed by atoms with van der Waals surface area (Å²) in [6, 6.07) is 14.0. The number of ether oxygens (including phenoxy) is 2. The lowest BCUT2D eigenvalue weighted by Crippen LogP contribution is -2.14. The second-order valence-electron chi connectivity index (χ2n) is 7.20. The van der Waals surface area contributed by atoms with Crippen molar-refractivity contribution < 1.29 is 19.1 Å². The number of amides is 2. The van der Waals surface area contributed by atoms with Crippen molar-refractivity contribution >= 4 is 23.2 Å². The molecule has 0 spiro atoms. The molecule has 0 saturated carbocycles. The Morgan fingerprint density at radius 2 is 1.63 bits per heavy atom. The summed E-state index contributed by atoms with van der Waals surface area (Å²) < 4.78 is 10.9. The highest BCUT2D eigenvalue weighted by molar-refractivity contribution is 5.93. The average Bonchev–Trinajstić information content (AvgIpc) is 2.72. The summed E-state index contributed by atoms with van der Waals surface area (Å²) in [5.41, 5.74) is 1.85. The van der Waals surface area contributed by atoms with Crippen LogP contribution in [0.15, 0.2) is 42.5 Å². The monoisotopic (exact) mass is 409 g/mol. The van der Waals surface area contributed by atoms with E-state index in [9.17, 15) is 9.59 Å². The molecule has 158 valence electrons. The smallest absolute Gasteiger partial charge is 0.224 e. The van der Waals surface area contributed by atoms with Gasteiger partial charge >= 0.3 is 0 Å². The molecule has 0 fully saturated rings. The van der Waals surface area contributed by atoms with E-state index in [4.69, 9.17) is 14.7 Å². The van der Waals surface area contributed by atoms with Crippen molar-refractivity contribution in [3.8, 4) is 17.6 Å². The van der Waals surface area contributed by atoms with Crippen LogP contribution in [0.2, 0.25) is 0 Å². The Bertz CT molecular complexity index is 902. The minimum absolute atomic E-state index is 0.0271. The Kier molecular flexibility index (Phi) is 8.70. The predicted octanol–water partition coefficient (Wildman–Crippen LogP) is 4.35. The van der Waals surface area contributed by atoms with Gasteiger partial charge in [-0.25, -0.2) is 0 Å². The van der Waals surface area contributed by atoms with E-state index in [1.165, 1.54) is 7.11 Å². The maximum absolute atomic E-state index is 12.1. The molecule has 2 aromatic carbocycles. The van der Waals surface area contributed by atoms with E-state index in [0.717, 1.165) is 0 Å². The number of carbonyl (C=O) groups is 2. The predicted molar refractivity (Wildman–Crippen MR) is 116 cm³/mol. The minimum atomic E-state index is -0.123. The van der Waals surface area contributed by atoms with Gasteiger partial charge in [-0.15, -0.1) is 0 Å². The van der Waals surface area contributed by atoms with Crippen molar-refractivity contribution in [2.75, 3.05) is 24.4 Å². The highest BCUT2D eigenvalue weighted by Gasteiger charge is 2.08. The van der Waals surface area contributed by atoms with Crippen LogP contribution in [0.25, 0.3) is 0 Å². The van der Waals surface area contributed by atoms with Crippen molar-refractivity contribution in [1.29, 1.82) is 5.26 Å². The summed E-state index contributed by atoms with van der Waals surface area (Å²) >= 11 is 0. The Balaban J connectivity index is 1.75. The second kappa shape index (κ2) is 11.5. The standard InChI is InChI=1S/C23H27N3O4/c1-16(2)13-23(28)26-19-9-7-18(8-10-19)25-22(27)5-4-12-30-20-11-6-17(15-24)14-21(20)29-3/h6-11,14,16H,4-5,12-13H2,1-3H3,(H,25,27)(H,26,28). The molecule has 0 atom stereocenters. The first-order valence-electron chi connectivity index (χ1n) is 9.82. The molecule has 0 aliphatic heterocycles. The SMILES string of the molecule is COc1cc(C#N)ccc1OCCCC(=O)Nc1ccc(NC(=O)CC(C)C)cc1. The van der Waals surface area contributed by atoms with E-state index < -0.39 is 0 Å². The summed E-state index contributed by atoms with van der Waals surface area (Å²) in [6.45, 7) is 4.32. The van der Waals surface area contributed by atoms with Crippen molar-refractivity contribution in [3.05, 3.63) is 48.0 Å². The number of nitriles is 1. The maximum atomic E-state index is 12.1. The van der Waals surface area contributed by atoms with E-state index in [1.54, 1.807) is 42.5 Å². The number of carbonyl (C=O) groups excluding carboxylic acids is 2. The van der Waals surface area contributed by atoms with Crippen LogP contribution in [0.4, 0.5) is 11.4 Å². The first kappa shape index (κ1) is 22.8. The third-order valence-electron chi connectivity index (χ3n) is 4.14. The van der Waals surface area contributed by atoms with Gasteiger partial charge in [0, 0.05) is 30.3 Å². The van der Waals surface area contributed by atoms with Crippen LogP contribution in [0.5, 0.6) is 11.5 Å². The van der Waals surface area contributed by atoms with Gasteiger partial charge < -0.3 is 20.1 Å². The first-order chi connectivity index (χ1) is 14.4. The molecule has 2 rings (SSSR count). The van der Waals surface area contributed by atoms with Gasteiger partial charge in [0.25, 0.3) is 0 Å². The van der Waals surface area contributed by atoms with Gasteiger partial charge in [-0.2, -0.15) is 5.26 Å². The van der Waals surface area contributed by atoms with E-state index in [1.807, 2.05) is 19.9 Å². The lowest BCUT2D eigenvalue weighted by molar-refractivity contribution is -0.117. The van der Waals surface area contributed by atoms with Gasteiger partial charge in [0.15, 0.2) is 11.5 Å². The van der Waals surface area contributed by atoms with Crippen LogP contribution in [-0.2, 0) is 9.59 Å². The number of nitrogens with zero attached hydrogens (tertiary/aromatic N) is 1. The van der Waals surface area contributed by atoms with Gasteiger partial charge in [-0.05, 0) is 48.7 Å². The molecule has 0 aliphatic rings.